The van der Waals surface area contributed by atoms with Crippen molar-refractivity contribution in [2.75, 3.05) is 6.61 Å². The van der Waals surface area contributed by atoms with Crippen LogP contribution in [0.2, 0.25) is 5.15 Å². The fourth-order valence-corrected chi connectivity index (χ4v) is 4.34. The van der Waals surface area contributed by atoms with E-state index in [9.17, 15) is 14.7 Å². The molecule has 4 rings (SSSR count). The van der Waals surface area contributed by atoms with E-state index >= 15 is 0 Å². The third-order valence-corrected chi connectivity index (χ3v) is 6.08. The van der Waals surface area contributed by atoms with E-state index in [-0.39, 0.29) is 18.9 Å². The van der Waals surface area contributed by atoms with Crippen molar-refractivity contribution in [1.29, 1.82) is 0 Å². The monoisotopic (exact) mass is 439 g/mol. The van der Waals surface area contributed by atoms with Crippen LogP contribution in [0.15, 0.2) is 48.5 Å². The Kier molecular flexibility index (Phi) is 5.69. The number of carbonyl (C=O) groups is 2. The number of hydrogen-bond acceptors (Lipinski definition) is 4. The number of carbonyl (C=O) groups excluding carboxylic acids is 1. The minimum Gasteiger partial charge on any atom is -0.480 e. The predicted molar refractivity (Wildman–Crippen MR) is 116 cm³/mol. The zero-order chi connectivity index (χ0) is 22.1. The van der Waals surface area contributed by atoms with E-state index in [1.807, 2.05) is 36.4 Å². The van der Waals surface area contributed by atoms with Crippen LogP contribution in [0.1, 0.15) is 28.3 Å². The first-order chi connectivity index (χ1) is 14.9. The summed E-state index contributed by atoms with van der Waals surface area (Å²) in [4.78, 5) is 24.2. The van der Waals surface area contributed by atoms with E-state index in [1.54, 1.807) is 14.0 Å². The lowest BCUT2D eigenvalue weighted by atomic mass is 9.98. The number of nitrogens with zero attached hydrogens (tertiary/aromatic N) is 2. The van der Waals surface area contributed by atoms with Gasteiger partial charge in [-0.25, -0.2) is 9.59 Å². The smallest absolute Gasteiger partial charge is 0.407 e. The molecule has 0 spiro atoms. The van der Waals surface area contributed by atoms with Crippen LogP contribution in [0.25, 0.3) is 11.1 Å². The number of carboxylic acid groups (broad SMARTS) is 1. The van der Waals surface area contributed by atoms with Gasteiger partial charge in [-0.3, -0.25) is 4.68 Å². The topological polar surface area (TPSA) is 93.5 Å². The van der Waals surface area contributed by atoms with E-state index in [0.29, 0.717) is 16.4 Å². The number of aromatic nitrogens is 2. The highest BCUT2D eigenvalue weighted by Gasteiger charge is 2.30. The maximum Gasteiger partial charge on any atom is 0.407 e. The van der Waals surface area contributed by atoms with Gasteiger partial charge in [0.2, 0.25) is 0 Å². The SMILES string of the molecule is Cc1nn(C)c(Cl)c1CC(NC(=O)OCC1c2ccccc2-c2ccccc21)C(=O)O. The van der Waals surface area contributed by atoms with Gasteiger partial charge in [0, 0.05) is 24.9 Å². The number of benzene rings is 2. The average Bonchev–Trinajstić information content (AvgIpc) is 3.20. The molecule has 0 fully saturated rings. The Balaban J connectivity index is 1.45. The van der Waals surface area contributed by atoms with Crippen molar-refractivity contribution in [3.05, 3.63) is 76.1 Å². The maximum absolute atomic E-state index is 12.5. The van der Waals surface area contributed by atoms with Crippen LogP contribution in [0.5, 0.6) is 0 Å². The summed E-state index contributed by atoms with van der Waals surface area (Å²) in [6, 6.07) is 14.8. The molecule has 0 saturated heterocycles. The van der Waals surface area contributed by atoms with Crippen molar-refractivity contribution in [3.63, 3.8) is 0 Å². The van der Waals surface area contributed by atoms with Crippen LogP contribution < -0.4 is 5.32 Å². The van der Waals surface area contributed by atoms with E-state index in [0.717, 1.165) is 22.3 Å². The number of rotatable bonds is 6. The normalized spacial score (nSPS) is 13.4. The molecule has 0 radical (unpaired) electrons. The van der Waals surface area contributed by atoms with Crippen LogP contribution in [-0.2, 0) is 23.0 Å². The summed E-state index contributed by atoms with van der Waals surface area (Å²) in [6.45, 7) is 1.85. The molecular weight excluding hydrogens is 418 g/mol. The fourth-order valence-electron chi connectivity index (χ4n) is 4.09. The molecule has 160 valence electrons. The highest BCUT2D eigenvalue weighted by atomic mass is 35.5. The van der Waals surface area contributed by atoms with Crippen molar-refractivity contribution in [2.24, 2.45) is 7.05 Å². The number of ether oxygens (including phenoxy) is 1. The molecular formula is C23H22ClN3O4. The number of fused-ring (bicyclic) bond motifs is 3. The Morgan fingerprint density at radius 3 is 2.26 bits per heavy atom. The van der Waals surface area contributed by atoms with E-state index in [1.165, 1.54) is 4.68 Å². The Morgan fingerprint density at radius 2 is 1.74 bits per heavy atom. The molecule has 0 aliphatic heterocycles. The number of alkyl carbamates (subject to hydrolysis) is 1. The van der Waals surface area contributed by atoms with Crippen molar-refractivity contribution >= 4 is 23.7 Å². The molecule has 1 unspecified atom stereocenters. The van der Waals surface area contributed by atoms with Gasteiger partial charge in [-0.15, -0.1) is 0 Å². The van der Waals surface area contributed by atoms with Crippen LogP contribution in [0.3, 0.4) is 0 Å². The van der Waals surface area contributed by atoms with Gasteiger partial charge in [0.25, 0.3) is 0 Å². The lowest BCUT2D eigenvalue weighted by molar-refractivity contribution is -0.139. The standard InChI is InChI=1S/C23H22ClN3O4/c1-13-18(21(24)27(2)26-13)11-20(22(28)29)25-23(30)31-12-19-16-9-5-3-7-14(16)15-8-4-6-10-17(15)19/h3-10,19-20H,11-12H2,1-2H3,(H,25,30)(H,28,29). The molecule has 1 aromatic heterocycles. The van der Waals surface area contributed by atoms with E-state index in [4.69, 9.17) is 16.3 Å². The number of carboxylic acids is 1. The van der Waals surface area contributed by atoms with E-state index < -0.39 is 18.1 Å². The van der Waals surface area contributed by atoms with Crippen molar-refractivity contribution in [1.82, 2.24) is 15.1 Å². The highest BCUT2D eigenvalue weighted by Crippen LogP contribution is 2.44. The molecule has 7 nitrogen and oxygen atoms in total. The molecule has 2 N–H and O–H groups in total. The van der Waals surface area contributed by atoms with Crippen molar-refractivity contribution in [2.45, 2.75) is 25.3 Å². The maximum atomic E-state index is 12.5. The van der Waals surface area contributed by atoms with Gasteiger partial charge in [-0.2, -0.15) is 5.10 Å². The Morgan fingerprint density at radius 1 is 1.16 bits per heavy atom. The van der Waals surface area contributed by atoms with Crippen LogP contribution in [0, 0.1) is 6.92 Å². The van der Waals surface area contributed by atoms with Gasteiger partial charge in [0.1, 0.15) is 17.8 Å². The number of aliphatic carboxylic acids is 1. The summed E-state index contributed by atoms with van der Waals surface area (Å²) < 4.78 is 6.93. The fraction of sp³-hybridized carbons (Fsp3) is 0.261. The van der Waals surface area contributed by atoms with Gasteiger partial charge in [0.15, 0.2) is 0 Å². The Hall–Kier alpha value is -3.32. The number of halogens is 1. The largest absolute Gasteiger partial charge is 0.480 e. The number of amides is 1. The van der Waals surface area contributed by atoms with Gasteiger partial charge < -0.3 is 15.2 Å². The summed E-state index contributed by atoms with van der Waals surface area (Å²) in [5.74, 6) is -1.27. The molecule has 31 heavy (non-hydrogen) atoms. The molecule has 0 saturated carbocycles. The minimum atomic E-state index is -1.18. The lowest BCUT2D eigenvalue weighted by Gasteiger charge is -2.17. The number of hydrogen-bond donors (Lipinski definition) is 2. The zero-order valence-electron chi connectivity index (χ0n) is 17.1. The van der Waals surface area contributed by atoms with Gasteiger partial charge >= 0.3 is 12.1 Å². The molecule has 1 atom stereocenters. The Bertz CT molecular complexity index is 1110. The second kappa shape index (κ2) is 8.43. The predicted octanol–water partition coefficient (Wildman–Crippen LogP) is 3.92. The molecule has 8 heteroatoms. The summed E-state index contributed by atoms with van der Waals surface area (Å²) in [7, 11) is 1.67. The van der Waals surface area contributed by atoms with Crippen molar-refractivity contribution in [3.8, 4) is 11.1 Å². The summed E-state index contributed by atoms with van der Waals surface area (Å²) in [5.41, 5.74) is 5.62. The molecule has 1 amide bonds. The second-order valence-electron chi connectivity index (χ2n) is 7.54. The van der Waals surface area contributed by atoms with Crippen molar-refractivity contribution < 1.29 is 19.4 Å². The summed E-state index contributed by atoms with van der Waals surface area (Å²) in [5, 5.41) is 16.5. The minimum absolute atomic E-state index is 0.0119. The molecule has 1 aliphatic carbocycles. The number of aryl methyl sites for hydroxylation is 2. The summed E-state index contributed by atoms with van der Waals surface area (Å²) >= 11 is 6.21. The molecule has 0 bridgehead atoms. The third kappa shape index (κ3) is 4.01. The first kappa shape index (κ1) is 20.9. The highest BCUT2D eigenvalue weighted by molar-refractivity contribution is 6.30. The van der Waals surface area contributed by atoms with Gasteiger partial charge in [0.05, 0.1) is 5.69 Å². The van der Waals surface area contributed by atoms with Crippen LogP contribution >= 0.6 is 11.6 Å². The second-order valence-corrected chi connectivity index (χ2v) is 7.90. The van der Waals surface area contributed by atoms with Gasteiger partial charge in [-0.1, -0.05) is 60.1 Å². The van der Waals surface area contributed by atoms with Crippen LogP contribution in [-0.4, -0.2) is 39.6 Å². The van der Waals surface area contributed by atoms with E-state index in [2.05, 4.69) is 22.5 Å². The Labute approximate surface area is 184 Å². The zero-order valence-corrected chi connectivity index (χ0v) is 17.9. The third-order valence-electron chi connectivity index (χ3n) is 5.61. The molecule has 3 aromatic rings. The molecule has 1 aliphatic rings. The lowest BCUT2D eigenvalue weighted by Crippen LogP contribution is -2.43. The summed E-state index contributed by atoms with van der Waals surface area (Å²) in [6.07, 6.45) is -0.773. The first-order valence-electron chi connectivity index (χ1n) is 9.89. The quantitative estimate of drug-likeness (QED) is 0.607. The molecule has 2 aromatic carbocycles. The molecule has 1 heterocycles. The number of nitrogens with one attached hydrogen (secondary N) is 1. The average molecular weight is 440 g/mol. The van der Waals surface area contributed by atoms with Crippen LogP contribution in [0.4, 0.5) is 4.79 Å². The first-order valence-corrected chi connectivity index (χ1v) is 10.3. The van der Waals surface area contributed by atoms with Gasteiger partial charge in [-0.05, 0) is 29.2 Å².